The third-order valence-corrected chi connectivity index (χ3v) is 4.23. The van der Waals surface area contributed by atoms with Gasteiger partial charge in [-0.05, 0) is 56.8 Å². The van der Waals surface area contributed by atoms with Gasteiger partial charge in [0.2, 0.25) is 0 Å². The van der Waals surface area contributed by atoms with Crippen molar-refractivity contribution in [1.29, 1.82) is 0 Å². The number of rotatable bonds is 6. The van der Waals surface area contributed by atoms with Crippen LogP contribution < -0.4 is 5.32 Å². The van der Waals surface area contributed by atoms with E-state index in [9.17, 15) is 4.79 Å². The number of allylic oxidation sites excluding steroid dienone is 4. The lowest BCUT2D eigenvalue weighted by Crippen LogP contribution is -2.21. The number of hydrogen-bond acceptors (Lipinski definition) is 2. The molecular formula is C24H38ClNO. The van der Waals surface area contributed by atoms with E-state index in [1.807, 2.05) is 19.1 Å². The van der Waals surface area contributed by atoms with Gasteiger partial charge >= 0.3 is 0 Å². The molecule has 2 nitrogen and oxygen atoms in total. The summed E-state index contributed by atoms with van der Waals surface area (Å²) in [5, 5.41) is 3.83. The topological polar surface area (TPSA) is 29.1 Å². The molecular weight excluding hydrogens is 354 g/mol. The number of ketones is 1. The first kappa shape index (κ1) is 25.6. The molecule has 3 heteroatoms. The molecule has 27 heavy (non-hydrogen) atoms. The Hall–Kier alpha value is -1.38. The average Bonchev–Trinajstić information content (AvgIpc) is 2.70. The minimum Gasteiger partial charge on any atom is -0.317 e. The van der Waals surface area contributed by atoms with Crippen molar-refractivity contribution in [3.8, 4) is 0 Å². The molecule has 1 heterocycles. The molecule has 1 aromatic carbocycles. The maximum atomic E-state index is 11.1. The van der Waals surface area contributed by atoms with Gasteiger partial charge in [-0.1, -0.05) is 82.2 Å². The highest BCUT2D eigenvalue weighted by Gasteiger charge is 2.05. The molecule has 1 N–H and O–H groups in total. The summed E-state index contributed by atoms with van der Waals surface area (Å²) < 4.78 is 0. The predicted octanol–water partition coefficient (Wildman–Crippen LogP) is 7.25. The zero-order valence-corrected chi connectivity index (χ0v) is 18.4. The molecule has 0 atom stereocenters. The van der Waals surface area contributed by atoms with Crippen LogP contribution in [-0.2, 0) is 0 Å². The van der Waals surface area contributed by atoms with E-state index >= 15 is 0 Å². The molecule has 0 radical (unpaired) electrons. The van der Waals surface area contributed by atoms with E-state index < -0.39 is 0 Å². The lowest BCUT2D eigenvalue weighted by Gasteiger charge is -2.08. The van der Waals surface area contributed by atoms with E-state index in [2.05, 4.69) is 50.4 Å². The van der Waals surface area contributed by atoms with Crippen LogP contribution >= 0.6 is 11.6 Å². The van der Waals surface area contributed by atoms with Crippen molar-refractivity contribution >= 4 is 17.4 Å². The highest BCUT2D eigenvalue weighted by Crippen LogP contribution is 2.16. The molecule has 0 spiro atoms. The van der Waals surface area contributed by atoms with Gasteiger partial charge in [0, 0.05) is 12.0 Å². The lowest BCUT2D eigenvalue weighted by atomic mass is 10.1. The molecule has 0 amide bonds. The summed E-state index contributed by atoms with van der Waals surface area (Å²) in [5.74, 6) is 0.783. The fraction of sp³-hybridized carbons (Fsp3) is 0.542. The molecule has 152 valence electrons. The number of piperidine rings is 1. The van der Waals surface area contributed by atoms with E-state index in [0.717, 1.165) is 12.8 Å². The van der Waals surface area contributed by atoms with Crippen LogP contribution in [0, 0.1) is 5.92 Å². The quantitative estimate of drug-likeness (QED) is 0.408. The average molecular weight is 392 g/mol. The maximum Gasteiger partial charge on any atom is 0.164 e. The van der Waals surface area contributed by atoms with Crippen molar-refractivity contribution in [3.63, 3.8) is 0 Å². The van der Waals surface area contributed by atoms with Gasteiger partial charge in [-0.2, -0.15) is 0 Å². The Morgan fingerprint density at radius 1 is 1.07 bits per heavy atom. The monoisotopic (exact) mass is 391 g/mol. The molecule has 0 aromatic heterocycles. The van der Waals surface area contributed by atoms with E-state index in [1.165, 1.54) is 32.4 Å². The highest BCUT2D eigenvalue weighted by atomic mass is 35.5. The van der Waals surface area contributed by atoms with Crippen molar-refractivity contribution in [2.75, 3.05) is 13.1 Å². The van der Waals surface area contributed by atoms with Crippen molar-refractivity contribution in [1.82, 2.24) is 5.32 Å². The lowest BCUT2D eigenvalue weighted by molar-refractivity contribution is 0.0988. The van der Waals surface area contributed by atoms with Gasteiger partial charge in [0.25, 0.3) is 0 Å². The molecule has 0 saturated carbocycles. The van der Waals surface area contributed by atoms with E-state index in [0.29, 0.717) is 22.9 Å². The molecule has 1 saturated heterocycles. The second kappa shape index (κ2) is 18.0. The predicted molar refractivity (Wildman–Crippen MR) is 121 cm³/mol. The van der Waals surface area contributed by atoms with Gasteiger partial charge in [-0.15, -0.1) is 0 Å². The Bertz CT molecular complexity index is 534. The summed E-state index contributed by atoms with van der Waals surface area (Å²) in [4.78, 5) is 11.1. The molecule has 2 rings (SSSR count). The highest BCUT2D eigenvalue weighted by molar-refractivity contribution is 6.33. The molecule has 0 unspecified atom stereocenters. The third kappa shape index (κ3) is 15.4. The fourth-order valence-corrected chi connectivity index (χ4v) is 2.61. The largest absolute Gasteiger partial charge is 0.317 e. The Morgan fingerprint density at radius 2 is 1.74 bits per heavy atom. The summed E-state index contributed by atoms with van der Waals surface area (Å²) in [7, 11) is 0. The fourth-order valence-electron chi connectivity index (χ4n) is 2.37. The second-order valence-electron chi connectivity index (χ2n) is 6.85. The van der Waals surface area contributed by atoms with Crippen LogP contribution in [0.4, 0.5) is 0 Å². The second-order valence-corrected chi connectivity index (χ2v) is 7.26. The Morgan fingerprint density at radius 3 is 2.19 bits per heavy atom. The first-order valence-electron chi connectivity index (χ1n) is 10.3. The van der Waals surface area contributed by atoms with Gasteiger partial charge < -0.3 is 5.32 Å². The number of hydrogen-bond donors (Lipinski definition) is 1. The van der Waals surface area contributed by atoms with Gasteiger partial charge in [0.1, 0.15) is 0 Å². The molecule has 1 aromatic rings. The number of nitrogens with one attached hydrogen (secondary N) is 1. The SMILES string of the molecule is C1CCNCC1.CC/C=C\C/C=C\C(C)C.CCC(=O)c1ccccc1Cl. The summed E-state index contributed by atoms with van der Waals surface area (Å²) in [6.07, 6.45) is 15.8. The van der Waals surface area contributed by atoms with Crippen molar-refractivity contribution in [3.05, 3.63) is 59.2 Å². The molecule has 1 aliphatic rings. The molecule has 0 bridgehead atoms. The van der Waals surface area contributed by atoms with Gasteiger partial charge in [0.05, 0.1) is 5.02 Å². The maximum absolute atomic E-state index is 11.1. The normalized spacial score (nSPS) is 13.9. The summed E-state index contributed by atoms with van der Waals surface area (Å²) >= 11 is 5.78. The third-order valence-electron chi connectivity index (χ3n) is 3.90. The zero-order valence-electron chi connectivity index (χ0n) is 17.6. The Labute approximate surface area is 172 Å². The van der Waals surface area contributed by atoms with E-state index in [1.54, 1.807) is 12.1 Å². The van der Waals surface area contributed by atoms with Crippen LogP contribution in [0.25, 0.3) is 0 Å². The van der Waals surface area contributed by atoms with Crippen LogP contribution in [0.5, 0.6) is 0 Å². The number of carbonyl (C=O) groups is 1. The van der Waals surface area contributed by atoms with Crippen LogP contribution in [0.2, 0.25) is 5.02 Å². The van der Waals surface area contributed by atoms with Crippen LogP contribution in [0.1, 0.15) is 76.6 Å². The van der Waals surface area contributed by atoms with Gasteiger partial charge in [-0.3, -0.25) is 4.79 Å². The summed E-state index contributed by atoms with van der Waals surface area (Å²) in [6, 6.07) is 7.10. The minimum atomic E-state index is 0.0931. The first-order chi connectivity index (χ1) is 13.0. The smallest absolute Gasteiger partial charge is 0.164 e. The van der Waals surface area contributed by atoms with Crippen molar-refractivity contribution in [2.24, 2.45) is 5.92 Å². The zero-order chi connectivity index (χ0) is 20.3. The van der Waals surface area contributed by atoms with Crippen LogP contribution in [-0.4, -0.2) is 18.9 Å². The minimum absolute atomic E-state index is 0.0931. The van der Waals surface area contributed by atoms with Gasteiger partial charge in [-0.25, -0.2) is 0 Å². The number of Topliss-reactive ketones (excluding diaryl/α,β-unsaturated/α-hetero) is 1. The standard InChI is InChI=1S/C10H18.C9H9ClO.C5H11N/c1-4-5-6-7-8-9-10(2)3;1-2-9(11)7-5-3-4-6-8(7)10;1-2-4-6-5-3-1/h5-6,8-10H,4,7H2,1-3H3;3-6H,2H2,1H3;6H,1-5H2/b6-5-,9-8-;;. The van der Waals surface area contributed by atoms with Crippen molar-refractivity contribution < 1.29 is 4.79 Å². The molecule has 0 aliphatic carbocycles. The van der Waals surface area contributed by atoms with Gasteiger partial charge in [0.15, 0.2) is 5.78 Å². The number of benzene rings is 1. The van der Waals surface area contributed by atoms with E-state index in [4.69, 9.17) is 11.6 Å². The molecule has 1 fully saturated rings. The number of carbonyl (C=O) groups excluding carboxylic acids is 1. The van der Waals surface area contributed by atoms with Crippen molar-refractivity contribution in [2.45, 2.75) is 66.2 Å². The Balaban J connectivity index is 0.000000391. The molecule has 1 aliphatic heterocycles. The van der Waals surface area contributed by atoms with E-state index in [-0.39, 0.29) is 5.78 Å². The summed E-state index contributed by atoms with van der Waals surface area (Å²) in [5.41, 5.74) is 0.622. The summed E-state index contributed by atoms with van der Waals surface area (Å²) in [6.45, 7) is 10.9. The first-order valence-corrected chi connectivity index (χ1v) is 10.7. The Kier molecular flexibility index (Phi) is 17.1. The van der Waals surface area contributed by atoms with Crippen LogP contribution in [0.3, 0.4) is 0 Å². The van der Waals surface area contributed by atoms with Crippen LogP contribution in [0.15, 0.2) is 48.6 Å². The number of halogens is 1.